The predicted octanol–water partition coefficient (Wildman–Crippen LogP) is 6.86. The summed E-state index contributed by atoms with van der Waals surface area (Å²) >= 11 is 0. The van der Waals surface area contributed by atoms with E-state index in [1.807, 2.05) is 6.92 Å². The summed E-state index contributed by atoms with van der Waals surface area (Å²) in [5.41, 5.74) is 3.79. The quantitative estimate of drug-likeness (QED) is 0.365. The molecule has 4 aliphatic rings. The van der Waals surface area contributed by atoms with E-state index >= 15 is 0 Å². The molecule has 8 unspecified atom stereocenters. The molecule has 1 N–H and O–H groups in total. The highest BCUT2D eigenvalue weighted by Gasteiger charge is 2.65. The van der Waals surface area contributed by atoms with Crippen LogP contribution < -0.4 is 0 Å². The van der Waals surface area contributed by atoms with Crippen LogP contribution in [-0.2, 0) is 9.59 Å². The highest BCUT2D eigenvalue weighted by Crippen LogP contribution is 2.69. The van der Waals surface area contributed by atoms with Gasteiger partial charge in [-0.25, -0.2) is 0 Å². The maximum absolute atomic E-state index is 14.0. The molecule has 3 nitrogen and oxygen atoms in total. The molecule has 1 saturated carbocycles. The first kappa shape index (κ1) is 25.6. The third-order valence-electron chi connectivity index (χ3n) is 11.0. The summed E-state index contributed by atoms with van der Waals surface area (Å²) in [4.78, 5) is 26.5. The second kappa shape index (κ2) is 8.02. The Labute approximate surface area is 207 Å². The highest BCUT2D eigenvalue weighted by molar-refractivity contribution is 6.23. The average molecular weight is 467 g/mol. The van der Waals surface area contributed by atoms with Gasteiger partial charge in [0.15, 0.2) is 11.6 Å². The van der Waals surface area contributed by atoms with Gasteiger partial charge >= 0.3 is 0 Å². The van der Waals surface area contributed by atoms with Crippen LogP contribution in [0.1, 0.15) is 94.9 Å². The van der Waals surface area contributed by atoms with Gasteiger partial charge in [-0.2, -0.15) is 0 Å². The van der Waals surface area contributed by atoms with Crippen LogP contribution >= 0.6 is 0 Å². The number of hydrogen-bond acceptors (Lipinski definition) is 3. The summed E-state index contributed by atoms with van der Waals surface area (Å²) in [5, 5.41) is 12.1. The van der Waals surface area contributed by atoms with E-state index in [-0.39, 0.29) is 28.3 Å². The zero-order chi connectivity index (χ0) is 25.5. The van der Waals surface area contributed by atoms with Crippen molar-refractivity contribution in [1.82, 2.24) is 0 Å². The zero-order valence-electron chi connectivity index (χ0n) is 23.1. The molecule has 0 saturated heterocycles. The number of allylic oxidation sites excluding steroid dienone is 5. The molecule has 0 aromatic heterocycles. The van der Waals surface area contributed by atoms with Crippen molar-refractivity contribution in [1.29, 1.82) is 0 Å². The number of carbonyl (C=O) groups is 2. The predicted molar refractivity (Wildman–Crippen MR) is 138 cm³/mol. The third-order valence-corrected chi connectivity index (χ3v) is 11.0. The van der Waals surface area contributed by atoms with Crippen LogP contribution in [0.4, 0.5) is 0 Å². The van der Waals surface area contributed by atoms with Gasteiger partial charge in [0.2, 0.25) is 0 Å². The fourth-order valence-corrected chi connectivity index (χ4v) is 9.35. The van der Waals surface area contributed by atoms with Crippen molar-refractivity contribution in [3.63, 3.8) is 0 Å². The van der Waals surface area contributed by atoms with Gasteiger partial charge in [0, 0.05) is 0 Å². The van der Waals surface area contributed by atoms with Crippen LogP contribution in [0.25, 0.3) is 0 Å². The first-order chi connectivity index (χ1) is 15.6. The fourth-order valence-electron chi connectivity index (χ4n) is 9.35. The van der Waals surface area contributed by atoms with E-state index < -0.39 is 11.5 Å². The standard InChI is InChI=1S/C31H46O3/c1-11-21-12-22(16(2)3)23-14-29(8)15-30(9)13-17(4)24(20(7)32)28(34)31(30,10)19(6)26(29)27(33)25(23)18(21)5/h12,16,18,22-23,25,27,33H,11,13-15H2,1-10H3. The minimum atomic E-state index is -0.755. The van der Waals surface area contributed by atoms with E-state index in [1.165, 1.54) is 12.5 Å². The Morgan fingerprint density at radius 3 is 2.35 bits per heavy atom. The Morgan fingerprint density at radius 2 is 1.82 bits per heavy atom. The molecule has 0 aliphatic heterocycles. The summed E-state index contributed by atoms with van der Waals surface area (Å²) in [6.45, 7) is 21.4. The molecule has 188 valence electrons. The van der Waals surface area contributed by atoms with Gasteiger partial charge in [-0.3, -0.25) is 9.59 Å². The van der Waals surface area contributed by atoms with E-state index in [2.05, 4.69) is 61.5 Å². The summed E-state index contributed by atoms with van der Waals surface area (Å²) < 4.78 is 0. The second-order valence-corrected chi connectivity index (χ2v) is 13.3. The number of carbonyl (C=O) groups excluding carboxylic acids is 2. The molecule has 8 atom stereocenters. The Morgan fingerprint density at radius 1 is 1.21 bits per heavy atom. The lowest BCUT2D eigenvalue weighted by atomic mass is 9.40. The van der Waals surface area contributed by atoms with Gasteiger partial charge in [-0.1, -0.05) is 64.3 Å². The van der Waals surface area contributed by atoms with Gasteiger partial charge in [0.1, 0.15) is 0 Å². The van der Waals surface area contributed by atoms with Crippen LogP contribution in [0, 0.1) is 45.8 Å². The smallest absolute Gasteiger partial charge is 0.176 e. The van der Waals surface area contributed by atoms with E-state index in [4.69, 9.17) is 0 Å². The van der Waals surface area contributed by atoms with Crippen LogP contribution in [0.15, 0.2) is 33.9 Å². The van der Waals surface area contributed by atoms with Gasteiger partial charge in [0.25, 0.3) is 0 Å². The van der Waals surface area contributed by atoms with Crippen LogP contribution in [0.2, 0.25) is 0 Å². The molecule has 4 aliphatic carbocycles. The Bertz CT molecular complexity index is 1030. The zero-order valence-corrected chi connectivity index (χ0v) is 23.1. The van der Waals surface area contributed by atoms with Gasteiger partial charge < -0.3 is 5.11 Å². The lowest BCUT2D eigenvalue weighted by molar-refractivity contribution is -0.137. The lowest BCUT2D eigenvalue weighted by Gasteiger charge is -2.63. The molecular formula is C31H46O3. The summed E-state index contributed by atoms with van der Waals surface area (Å²) in [5.74, 6) is 1.82. The number of rotatable bonds is 3. The molecule has 0 amide bonds. The molecule has 0 spiro atoms. The summed E-state index contributed by atoms with van der Waals surface area (Å²) in [6.07, 6.45) is 5.72. The molecule has 3 heteroatoms. The summed E-state index contributed by atoms with van der Waals surface area (Å²) in [6, 6.07) is 0. The van der Waals surface area contributed by atoms with Crippen molar-refractivity contribution >= 4 is 11.6 Å². The van der Waals surface area contributed by atoms with Gasteiger partial charge in [-0.15, -0.1) is 0 Å². The molecule has 0 heterocycles. The third kappa shape index (κ3) is 3.18. The molecule has 0 aromatic rings. The molecule has 0 aromatic carbocycles. The monoisotopic (exact) mass is 466 g/mol. The van der Waals surface area contributed by atoms with E-state index in [0.717, 1.165) is 42.4 Å². The summed E-state index contributed by atoms with van der Waals surface area (Å²) in [7, 11) is 0. The lowest BCUT2D eigenvalue weighted by Crippen LogP contribution is -2.60. The molecule has 0 radical (unpaired) electrons. The highest BCUT2D eigenvalue weighted by atomic mass is 16.3. The first-order valence-electron chi connectivity index (χ1n) is 13.5. The first-order valence-corrected chi connectivity index (χ1v) is 13.5. The van der Waals surface area contributed by atoms with Crippen LogP contribution in [0.5, 0.6) is 0 Å². The molecular weight excluding hydrogens is 420 g/mol. The SMILES string of the molecule is CCC1=CC(C(C)C)C2CC3(C)CC4(C)CC(C)=C(C(C)=O)C(=O)C4(C)C(C)=C3C(O)C2C1C. The minimum Gasteiger partial charge on any atom is -0.388 e. The number of fused-ring (bicyclic) bond motifs is 3. The Balaban J connectivity index is 1.92. The Kier molecular flexibility index (Phi) is 6.04. The van der Waals surface area contributed by atoms with Gasteiger partial charge in [0.05, 0.1) is 17.1 Å². The Hall–Kier alpha value is -1.48. The van der Waals surface area contributed by atoms with Crippen molar-refractivity contribution < 1.29 is 14.7 Å². The fraction of sp³-hybridized carbons (Fsp3) is 0.742. The van der Waals surface area contributed by atoms with E-state index in [9.17, 15) is 14.7 Å². The van der Waals surface area contributed by atoms with Crippen molar-refractivity contribution in [2.24, 2.45) is 45.8 Å². The molecule has 34 heavy (non-hydrogen) atoms. The van der Waals surface area contributed by atoms with E-state index in [0.29, 0.717) is 29.2 Å². The maximum atomic E-state index is 14.0. The van der Waals surface area contributed by atoms with E-state index in [1.54, 1.807) is 0 Å². The number of ketones is 2. The molecule has 4 rings (SSSR count). The average Bonchev–Trinajstić information content (AvgIpc) is 2.70. The molecule has 0 bridgehead atoms. The number of hydrogen-bond donors (Lipinski definition) is 1. The normalized spacial score (nSPS) is 44.5. The number of Topliss-reactive ketones (excluding diaryl/α,β-unsaturated/α-hetero) is 2. The second-order valence-electron chi connectivity index (χ2n) is 13.3. The van der Waals surface area contributed by atoms with Gasteiger partial charge in [-0.05, 0) is 99.4 Å². The van der Waals surface area contributed by atoms with Crippen molar-refractivity contribution in [2.75, 3.05) is 0 Å². The van der Waals surface area contributed by atoms with Crippen LogP contribution in [0.3, 0.4) is 0 Å². The van der Waals surface area contributed by atoms with Crippen molar-refractivity contribution in [3.8, 4) is 0 Å². The number of aliphatic hydroxyl groups excluding tert-OH is 1. The topological polar surface area (TPSA) is 54.4 Å². The largest absolute Gasteiger partial charge is 0.388 e. The maximum Gasteiger partial charge on any atom is 0.176 e. The molecule has 1 fully saturated rings. The minimum absolute atomic E-state index is 0.0292. The number of aliphatic hydroxyl groups is 1. The van der Waals surface area contributed by atoms with Crippen LogP contribution in [-0.4, -0.2) is 22.8 Å². The van der Waals surface area contributed by atoms with Crippen molar-refractivity contribution in [2.45, 2.75) is 101 Å². The van der Waals surface area contributed by atoms with Crippen molar-refractivity contribution in [3.05, 3.63) is 33.9 Å².